The van der Waals surface area contributed by atoms with E-state index in [1.165, 1.54) is 18.2 Å². The van der Waals surface area contributed by atoms with E-state index in [0.717, 1.165) is 19.5 Å². The summed E-state index contributed by atoms with van der Waals surface area (Å²) in [4.78, 5) is 14.0. The predicted octanol–water partition coefficient (Wildman–Crippen LogP) is 1.44. The lowest BCUT2D eigenvalue weighted by molar-refractivity contribution is -0.116. The molecule has 1 heterocycles. The molecule has 0 aliphatic carbocycles. The van der Waals surface area contributed by atoms with Crippen LogP contribution in [0.5, 0.6) is 0 Å². The Labute approximate surface area is 123 Å². The first kappa shape index (κ1) is 15.7. The number of rotatable bonds is 4. The molecule has 0 radical (unpaired) electrons. The second kappa shape index (κ2) is 6.87. The number of anilines is 2. The lowest BCUT2D eigenvalue weighted by atomic mass is 9.97. The summed E-state index contributed by atoms with van der Waals surface area (Å²) in [6, 6.07) is 4.09. The molecule has 1 aromatic carbocycles. The Morgan fingerprint density at radius 2 is 2.33 bits per heavy atom. The largest absolute Gasteiger partial charge is 0.399 e. The van der Waals surface area contributed by atoms with Gasteiger partial charge in [-0.1, -0.05) is 6.92 Å². The van der Waals surface area contributed by atoms with Gasteiger partial charge in [0.15, 0.2) is 0 Å². The van der Waals surface area contributed by atoms with Crippen LogP contribution in [-0.2, 0) is 4.79 Å². The molecular formula is C15H22FN3O2. The third-order valence-corrected chi connectivity index (χ3v) is 3.86. The van der Waals surface area contributed by atoms with E-state index in [2.05, 4.69) is 10.2 Å². The van der Waals surface area contributed by atoms with E-state index >= 15 is 0 Å². The highest BCUT2D eigenvalue weighted by Gasteiger charge is 2.24. The van der Waals surface area contributed by atoms with Crippen molar-refractivity contribution in [2.24, 2.45) is 5.92 Å². The number of amides is 1. The number of piperidine rings is 1. The molecule has 1 fully saturated rings. The number of likely N-dealkylation sites (tertiary alicyclic amines) is 1. The van der Waals surface area contributed by atoms with Gasteiger partial charge in [0.25, 0.3) is 0 Å². The molecule has 2 atom stereocenters. The highest BCUT2D eigenvalue weighted by Crippen LogP contribution is 2.19. The Kier molecular flexibility index (Phi) is 5.14. The Hall–Kier alpha value is -1.66. The van der Waals surface area contributed by atoms with Crippen molar-refractivity contribution in [3.05, 3.63) is 24.0 Å². The van der Waals surface area contributed by atoms with E-state index in [-0.39, 0.29) is 30.0 Å². The van der Waals surface area contributed by atoms with Gasteiger partial charge >= 0.3 is 0 Å². The lowest BCUT2D eigenvalue weighted by Crippen LogP contribution is -2.42. The first-order valence-corrected chi connectivity index (χ1v) is 7.21. The molecule has 2 rings (SSSR count). The quantitative estimate of drug-likeness (QED) is 0.734. The molecule has 1 aromatic rings. The van der Waals surface area contributed by atoms with Crippen molar-refractivity contribution in [1.82, 2.24) is 4.90 Å². The fraction of sp³-hybridized carbons (Fsp3) is 0.533. The summed E-state index contributed by atoms with van der Waals surface area (Å²) < 4.78 is 13.5. The number of benzene rings is 1. The number of aliphatic hydroxyl groups is 1. The SMILES string of the molecule is CC1CN(CCC(=O)Nc2cc(N)ccc2F)CCC1O. The van der Waals surface area contributed by atoms with Gasteiger partial charge in [-0.15, -0.1) is 0 Å². The zero-order valence-electron chi connectivity index (χ0n) is 12.2. The van der Waals surface area contributed by atoms with Crippen molar-refractivity contribution >= 4 is 17.3 Å². The molecule has 1 saturated heterocycles. The molecule has 0 aromatic heterocycles. The molecule has 6 heteroatoms. The number of nitrogen functional groups attached to an aromatic ring is 1. The van der Waals surface area contributed by atoms with Crippen molar-refractivity contribution in [1.29, 1.82) is 0 Å². The number of nitrogens with one attached hydrogen (secondary N) is 1. The Bertz CT molecular complexity index is 510. The summed E-state index contributed by atoms with van der Waals surface area (Å²) in [6.07, 6.45) is 0.764. The first-order valence-electron chi connectivity index (χ1n) is 7.21. The number of hydrogen-bond acceptors (Lipinski definition) is 4. The van der Waals surface area contributed by atoms with Crippen LogP contribution in [0.15, 0.2) is 18.2 Å². The topological polar surface area (TPSA) is 78.6 Å². The van der Waals surface area contributed by atoms with Crippen LogP contribution in [-0.4, -0.2) is 41.7 Å². The molecule has 21 heavy (non-hydrogen) atoms. The maximum Gasteiger partial charge on any atom is 0.225 e. The average molecular weight is 295 g/mol. The Morgan fingerprint density at radius 3 is 3.05 bits per heavy atom. The monoisotopic (exact) mass is 295 g/mol. The number of carbonyl (C=O) groups excluding carboxylic acids is 1. The third kappa shape index (κ3) is 4.41. The van der Waals surface area contributed by atoms with Crippen molar-refractivity contribution in [3.63, 3.8) is 0 Å². The van der Waals surface area contributed by atoms with Gasteiger partial charge in [-0.25, -0.2) is 4.39 Å². The number of nitrogens with zero attached hydrogens (tertiary/aromatic N) is 1. The number of aliphatic hydroxyl groups excluding tert-OH is 1. The molecule has 4 N–H and O–H groups in total. The van der Waals surface area contributed by atoms with Gasteiger partial charge in [-0.2, -0.15) is 0 Å². The molecule has 0 saturated carbocycles. The van der Waals surface area contributed by atoms with Crippen LogP contribution < -0.4 is 11.1 Å². The fourth-order valence-electron chi connectivity index (χ4n) is 2.53. The zero-order chi connectivity index (χ0) is 15.4. The minimum Gasteiger partial charge on any atom is -0.399 e. The third-order valence-electron chi connectivity index (χ3n) is 3.86. The maximum absolute atomic E-state index is 13.5. The minimum atomic E-state index is -0.493. The second-order valence-corrected chi connectivity index (χ2v) is 5.67. The minimum absolute atomic E-state index is 0.113. The molecular weight excluding hydrogens is 273 g/mol. The molecule has 1 amide bonds. The zero-order valence-corrected chi connectivity index (χ0v) is 12.2. The number of hydrogen-bond donors (Lipinski definition) is 3. The maximum atomic E-state index is 13.5. The second-order valence-electron chi connectivity index (χ2n) is 5.67. The van der Waals surface area contributed by atoms with Crippen LogP contribution >= 0.6 is 0 Å². The van der Waals surface area contributed by atoms with Crippen LogP contribution in [0.2, 0.25) is 0 Å². The van der Waals surface area contributed by atoms with Crippen LogP contribution in [0, 0.1) is 11.7 Å². The van der Waals surface area contributed by atoms with E-state index in [0.29, 0.717) is 12.2 Å². The fourth-order valence-corrected chi connectivity index (χ4v) is 2.53. The van der Waals surface area contributed by atoms with E-state index < -0.39 is 5.82 Å². The van der Waals surface area contributed by atoms with E-state index in [1.54, 1.807) is 0 Å². The normalized spacial score (nSPS) is 23.0. The van der Waals surface area contributed by atoms with Crippen LogP contribution in [0.3, 0.4) is 0 Å². The number of carbonyl (C=O) groups is 1. The van der Waals surface area contributed by atoms with Crippen molar-refractivity contribution < 1.29 is 14.3 Å². The summed E-state index contributed by atoms with van der Waals surface area (Å²) in [5.41, 5.74) is 6.09. The van der Waals surface area contributed by atoms with Crippen LogP contribution in [0.25, 0.3) is 0 Å². The predicted molar refractivity (Wildman–Crippen MR) is 80.3 cm³/mol. The molecule has 0 bridgehead atoms. The van der Waals surface area contributed by atoms with Gasteiger partial charge in [0, 0.05) is 31.7 Å². The summed E-state index contributed by atoms with van der Waals surface area (Å²) in [5, 5.41) is 12.2. The van der Waals surface area contributed by atoms with Gasteiger partial charge in [0.05, 0.1) is 11.8 Å². The van der Waals surface area contributed by atoms with E-state index in [1.807, 2.05) is 6.92 Å². The number of halogens is 1. The average Bonchev–Trinajstić information content (AvgIpc) is 2.44. The van der Waals surface area contributed by atoms with Gasteiger partial charge in [-0.05, 0) is 30.5 Å². The van der Waals surface area contributed by atoms with E-state index in [9.17, 15) is 14.3 Å². The van der Waals surface area contributed by atoms with Crippen molar-refractivity contribution in [2.75, 3.05) is 30.7 Å². The van der Waals surface area contributed by atoms with Gasteiger partial charge in [-0.3, -0.25) is 4.79 Å². The lowest BCUT2D eigenvalue weighted by Gasteiger charge is -2.34. The summed E-state index contributed by atoms with van der Waals surface area (Å²) >= 11 is 0. The number of nitrogens with two attached hydrogens (primary N) is 1. The Morgan fingerprint density at radius 1 is 1.57 bits per heavy atom. The highest BCUT2D eigenvalue weighted by molar-refractivity contribution is 5.91. The Balaban J connectivity index is 1.81. The molecule has 5 nitrogen and oxygen atoms in total. The van der Waals surface area contributed by atoms with Crippen LogP contribution in [0.1, 0.15) is 19.8 Å². The summed E-state index contributed by atoms with van der Waals surface area (Å²) in [6.45, 7) is 4.17. The first-order chi connectivity index (χ1) is 9.95. The molecule has 2 unspecified atom stereocenters. The summed E-state index contributed by atoms with van der Waals surface area (Å²) in [5.74, 6) is -0.515. The van der Waals surface area contributed by atoms with Gasteiger partial charge in [0.1, 0.15) is 5.82 Å². The van der Waals surface area contributed by atoms with E-state index in [4.69, 9.17) is 5.73 Å². The van der Waals surface area contributed by atoms with Gasteiger partial charge < -0.3 is 21.1 Å². The van der Waals surface area contributed by atoms with Gasteiger partial charge in [0.2, 0.25) is 5.91 Å². The smallest absolute Gasteiger partial charge is 0.225 e. The van der Waals surface area contributed by atoms with Crippen molar-refractivity contribution in [2.45, 2.75) is 25.9 Å². The summed E-state index contributed by atoms with van der Waals surface area (Å²) in [7, 11) is 0. The standard InChI is InChI=1S/C15H22FN3O2/c1-10-9-19(6-4-14(10)20)7-5-15(21)18-13-8-11(17)2-3-12(13)16/h2-3,8,10,14,20H,4-7,9,17H2,1H3,(H,18,21). The molecule has 1 aliphatic rings. The molecule has 1 aliphatic heterocycles. The highest BCUT2D eigenvalue weighted by atomic mass is 19.1. The van der Waals surface area contributed by atoms with Crippen LogP contribution in [0.4, 0.5) is 15.8 Å². The molecule has 0 spiro atoms. The molecule has 116 valence electrons. The van der Waals surface area contributed by atoms with Crippen molar-refractivity contribution in [3.8, 4) is 0 Å².